The van der Waals surface area contributed by atoms with Gasteiger partial charge in [0, 0.05) is 11.5 Å². The van der Waals surface area contributed by atoms with Crippen LogP contribution in [0.1, 0.15) is 5.56 Å². The van der Waals surface area contributed by atoms with Crippen molar-refractivity contribution in [2.45, 2.75) is 18.8 Å². The lowest BCUT2D eigenvalue weighted by Crippen LogP contribution is -2.40. The van der Waals surface area contributed by atoms with E-state index in [1.807, 2.05) is 30.3 Å². The molecular weight excluding hydrogens is 288 g/mol. The number of azide groups is 1. The van der Waals surface area contributed by atoms with Crippen molar-refractivity contribution in [3.8, 4) is 0 Å². The van der Waals surface area contributed by atoms with Gasteiger partial charge in [-0.05, 0) is 18.1 Å². The highest BCUT2D eigenvalue weighted by Crippen LogP contribution is 2.06. The molecule has 8 nitrogen and oxygen atoms in total. The number of aliphatic carboxylic acids is 1. The van der Waals surface area contributed by atoms with E-state index in [1.165, 1.54) is 4.90 Å². The molecule has 0 spiro atoms. The Bertz CT molecular complexity index is 505. The summed E-state index contributed by atoms with van der Waals surface area (Å²) in [6.45, 7) is 0.270. The molecule has 0 radical (unpaired) electrons. The van der Waals surface area contributed by atoms with Crippen LogP contribution in [0.2, 0.25) is 0 Å². The number of hydrogen-bond donors (Lipinski definition) is 2. The third-order valence-corrected chi connectivity index (χ3v) is 2.95. The minimum Gasteiger partial charge on any atom is -0.480 e. The van der Waals surface area contributed by atoms with E-state index in [-0.39, 0.29) is 19.7 Å². The molecule has 0 amide bonds. The summed E-state index contributed by atoms with van der Waals surface area (Å²) in [5, 5.41) is 22.2. The van der Waals surface area contributed by atoms with Gasteiger partial charge in [0.25, 0.3) is 0 Å². The minimum atomic E-state index is -1.00. The standard InChI is InChI=1S/C14H20N4O4/c1-18(8-14(20)21)7-13(19)12(16-17-15)10-22-9-11-5-3-2-4-6-11/h2-6,12-13,19H,7-10H2,1H3,(H,20,21)/t12-,13-/m0/s1. The Morgan fingerprint density at radius 1 is 1.45 bits per heavy atom. The van der Waals surface area contributed by atoms with Gasteiger partial charge < -0.3 is 14.9 Å². The van der Waals surface area contributed by atoms with Gasteiger partial charge in [-0.15, -0.1) is 0 Å². The number of benzene rings is 1. The topological polar surface area (TPSA) is 119 Å². The SMILES string of the molecule is CN(CC(=O)O)C[C@H](O)[C@H](COCc1ccccc1)N=[N+]=[N-]. The zero-order valence-corrected chi connectivity index (χ0v) is 12.4. The molecule has 0 saturated heterocycles. The number of hydrogen-bond acceptors (Lipinski definition) is 5. The summed E-state index contributed by atoms with van der Waals surface area (Å²) in [4.78, 5) is 14.7. The zero-order chi connectivity index (χ0) is 16.4. The lowest BCUT2D eigenvalue weighted by Gasteiger charge is -2.23. The number of aliphatic hydroxyl groups is 1. The second-order valence-electron chi connectivity index (χ2n) is 4.93. The molecular formula is C14H20N4O4. The highest BCUT2D eigenvalue weighted by molar-refractivity contribution is 5.69. The van der Waals surface area contributed by atoms with Gasteiger partial charge in [-0.2, -0.15) is 0 Å². The molecule has 0 aliphatic carbocycles. The highest BCUT2D eigenvalue weighted by atomic mass is 16.5. The van der Waals surface area contributed by atoms with Gasteiger partial charge in [-0.25, -0.2) is 0 Å². The van der Waals surface area contributed by atoms with Crippen LogP contribution in [0.3, 0.4) is 0 Å². The second kappa shape index (κ2) is 9.75. The molecule has 0 bridgehead atoms. The zero-order valence-electron chi connectivity index (χ0n) is 12.4. The number of rotatable bonds is 10. The number of aliphatic hydroxyl groups excluding tert-OH is 1. The van der Waals surface area contributed by atoms with Crippen LogP contribution in [0.4, 0.5) is 0 Å². The summed E-state index contributed by atoms with van der Waals surface area (Å²) in [6, 6.07) is 8.71. The van der Waals surface area contributed by atoms with Gasteiger partial charge in [0.1, 0.15) is 0 Å². The largest absolute Gasteiger partial charge is 0.480 e. The van der Waals surface area contributed by atoms with Crippen LogP contribution < -0.4 is 0 Å². The van der Waals surface area contributed by atoms with Crippen molar-refractivity contribution in [1.29, 1.82) is 0 Å². The summed E-state index contributed by atoms with van der Waals surface area (Å²) in [6.07, 6.45) is -1.00. The molecule has 8 heteroatoms. The quantitative estimate of drug-likeness (QED) is 0.383. The first-order valence-corrected chi connectivity index (χ1v) is 6.77. The molecule has 120 valence electrons. The number of ether oxygens (including phenoxy) is 1. The van der Waals surface area contributed by atoms with E-state index in [2.05, 4.69) is 10.0 Å². The third kappa shape index (κ3) is 7.05. The summed E-state index contributed by atoms with van der Waals surface area (Å²) < 4.78 is 5.46. The first-order valence-electron chi connectivity index (χ1n) is 6.77. The van der Waals surface area contributed by atoms with Crippen molar-refractivity contribution in [2.75, 3.05) is 26.7 Å². The van der Waals surface area contributed by atoms with E-state index in [0.717, 1.165) is 5.56 Å². The molecule has 0 saturated carbocycles. The smallest absolute Gasteiger partial charge is 0.317 e. The fraction of sp³-hybridized carbons (Fsp3) is 0.500. The number of likely N-dealkylation sites (N-methyl/N-ethyl adjacent to an activating group) is 1. The minimum absolute atomic E-state index is 0.0566. The molecule has 0 unspecified atom stereocenters. The van der Waals surface area contributed by atoms with E-state index in [9.17, 15) is 9.90 Å². The van der Waals surface area contributed by atoms with Crippen molar-refractivity contribution in [2.24, 2.45) is 5.11 Å². The fourth-order valence-electron chi connectivity index (χ4n) is 1.90. The molecule has 2 N–H and O–H groups in total. The van der Waals surface area contributed by atoms with E-state index < -0.39 is 18.1 Å². The average molecular weight is 308 g/mol. The lowest BCUT2D eigenvalue weighted by atomic mass is 10.1. The van der Waals surface area contributed by atoms with Crippen LogP contribution in [-0.4, -0.2) is 60.0 Å². The Hall–Kier alpha value is -2.12. The van der Waals surface area contributed by atoms with Crippen LogP contribution in [0, 0.1) is 0 Å². The normalized spacial score (nSPS) is 13.4. The van der Waals surface area contributed by atoms with Crippen LogP contribution in [0.25, 0.3) is 10.4 Å². The maximum absolute atomic E-state index is 10.6. The Balaban J connectivity index is 2.46. The molecule has 0 heterocycles. The van der Waals surface area contributed by atoms with Gasteiger partial charge >= 0.3 is 5.97 Å². The summed E-state index contributed by atoms with van der Waals surface area (Å²) in [7, 11) is 1.56. The van der Waals surface area contributed by atoms with Crippen molar-refractivity contribution in [3.05, 3.63) is 46.3 Å². The average Bonchev–Trinajstić information content (AvgIpc) is 2.46. The van der Waals surface area contributed by atoms with E-state index >= 15 is 0 Å². The molecule has 0 fully saturated rings. The maximum Gasteiger partial charge on any atom is 0.317 e. The van der Waals surface area contributed by atoms with Gasteiger partial charge in [0.2, 0.25) is 0 Å². The molecule has 0 aliphatic rings. The monoisotopic (exact) mass is 308 g/mol. The molecule has 22 heavy (non-hydrogen) atoms. The molecule has 1 aromatic rings. The van der Waals surface area contributed by atoms with Crippen LogP contribution in [0.5, 0.6) is 0 Å². The molecule has 1 rings (SSSR count). The Morgan fingerprint density at radius 3 is 2.73 bits per heavy atom. The van der Waals surface area contributed by atoms with E-state index in [0.29, 0.717) is 6.61 Å². The highest BCUT2D eigenvalue weighted by Gasteiger charge is 2.20. The van der Waals surface area contributed by atoms with Crippen molar-refractivity contribution >= 4 is 5.97 Å². The second-order valence-corrected chi connectivity index (χ2v) is 4.93. The molecule has 2 atom stereocenters. The molecule has 0 aromatic heterocycles. The van der Waals surface area contributed by atoms with Crippen LogP contribution >= 0.6 is 0 Å². The Labute approximate surface area is 128 Å². The lowest BCUT2D eigenvalue weighted by molar-refractivity contribution is -0.138. The molecule has 1 aromatic carbocycles. The number of carboxylic acids is 1. The van der Waals surface area contributed by atoms with Crippen molar-refractivity contribution in [3.63, 3.8) is 0 Å². The van der Waals surface area contributed by atoms with Crippen LogP contribution in [0.15, 0.2) is 35.4 Å². The third-order valence-electron chi connectivity index (χ3n) is 2.95. The van der Waals surface area contributed by atoms with Crippen LogP contribution in [-0.2, 0) is 16.1 Å². The number of carbonyl (C=O) groups is 1. The Kier molecular flexibility index (Phi) is 7.95. The predicted octanol–water partition coefficient (Wildman–Crippen LogP) is 1.26. The number of carboxylic acid groups (broad SMARTS) is 1. The predicted molar refractivity (Wildman–Crippen MR) is 80.2 cm³/mol. The van der Waals surface area contributed by atoms with Gasteiger partial charge in [0.05, 0.1) is 31.9 Å². The summed E-state index contributed by atoms with van der Waals surface area (Å²) in [5.74, 6) is -0.990. The van der Waals surface area contributed by atoms with Gasteiger partial charge in [0.15, 0.2) is 0 Å². The van der Waals surface area contributed by atoms with E-state index in [4.69, 9.17) is 15.4 Å². The summed E-state index contributed by atoms with van der Waals surface area (Å²) in [5.41, 5.74) is 9.54. The van der Waals surface area contributed by atoms with Gasteiger partial charge in [-0.1, -0.05) is 35.4 Å². The number of nitrogens with zero attached hydrogens (tertiary/aromatic N) is 4. The molecule has 0 aliphatic heterocycles. The maximum atomic E-state index is 10.6. The Morgan fingerprint density at radius 2 is 2.14 bits per heavy atom. The summed E-state index contributed by atoms with van der Waals surface area (Å²) >= 11 is 0. The first-order chi connectivity index (χ1) is 10.5. The first kappa shape index (κ1) is 17.9. The fourth-order valence-corrected chi connectivity index (χ4v) is 1.90. The van der Waals surface area contributed by atoms with Crippen molar-refractivity contribution < 1.29 is 19.7 Å². The van der Waals surface area contributed by atoms with Gasteiger partial charge in [-0.3, -0.25) is 9.69 Å². The van der Waals surface area contributed by atoms with E-state index in [1.54, 1.807) is 7.05 Å². The van der Waals surface area contributed by atoms with Crippen molar-refractivity contribution in [1.82, 2.24) is 4.90 Å².